The van der Waals surface area contributed by atoms with Gasteiger partial charge in [-0.15, -0.1) is 0 Å². The molecule has 0 N–H and O–H groups in total. The van der Waals surface area contributed by atoms with Crippen molar-refractivity contribution in [1.29, 1.82) is 0 Å². The van der Waals surface area contributed by atoms with Crippen molar-refractivity contribution in [2.45, 2.75) is 12.8 Å². The zero-order valence-corrected chi connectivity index (χ0v) is 8.89. The molecule has 1 aliphatic heterocycles. The number of ketones is 1. The van der Waals surface area contributed by atoms with Crippen LogP contribution in [0.25, 0.3) is 0 Å². The van der Waals surface area contributed by atoms with Gasteiger partial charge >= 0.3 is 0 Å². The normalized spacial score (nSPS) is 14.6. The van der Waals surface area contributed by atoms with E-state index in [-0.39, 0.29) is 5.78 Å². The summed E-state index contributed by atoms with van der Waals surface area (Å²) in [5.41, 5.74) is 1.86. The first kappa shape index (κ1) is 10.8. The number of hydrogen-bond acceptors (Lipinski definition) is 2. The molecule has 0 saturated carbocycles. The fraction of sp³-hybridized carbons (Fsp3) is 0.143. The van der Waals surface area contributed by atoms with E-state index in [9.17, 15) is 4.79 Å². The van der Waals surface area contributed by atoms with Crippen LogP contribution in [0.4, 0.5) is 0 Å². The van der Waals surface area contributed by atoms with E-state index in [1.165, 1.54) is 0 Å². The van der Waals surface area contributed by atoms with Gasteiger partial charge in [0.2, 0.25) is 0 Å². The number of nitrogens with zero attached hydrogens (tertiary/aromatic N) is 1. The van der Waals surface area contributed by atoms with Crippen LogP contribution in [0.1, 0.15) is 12.0 Å². The molecule has 0 unspecified atom stereocenters. The van der Waals surface area contributed by atoms with Crippen LogP contribution in [0.15, 0.2) is 47.1 Å². The van der Waals surface area contributed by atoms with Gasteiger partial charge in [-0.25, -0.2) is 0 Å². The molecule has 0 atom stereocenters. The van der Waals surface area contributed by atoms with E-state index in [0.717, 1.165) is 11.3 Å². The van der Waals surface area contributed by atoms with Crippen molar-refractivity contribution < 1.29 is 4.79 Å². The Bertz CT molecular complexity index is 418. The summed E-state index contributed by atoms with van der Waals surface area (Å²) in [5.74, 6) is 0.185. The highest BCUT2D eigenvalue weighted by Crippen LogP contribution is 2.12. The van der Waals surface area contributed by atoms with Gasteiger partial charge in [0.15, 0.2) is 0 Å². The van der Waals surface area contributed by atoms with Crippen LogP contribution in [-0.4, -0.2) is 12.0 Å². The monoisotopic (exact) mass is 210 g/mol. The third-order valence-electron chi connectivity index (χ3n) is 2.30. The van der Waals surface area contributed by atoms with Gasteiger partial charge < -0.3 is 0 Å². The first-order valence-electron chi connectivity index (χ1n) is 5.21. The van der Waals surface area contributed by atoms with Gasteiger partial charge in [-0.3, -0.25) is 9.79 Å². The minimum Gasteiger partial charge on any atom is -0.299 e. The van der Waals surface area contributed by atoms with Gasteiger partial charge in [-0.1, -0.05) is 36.4 Å². The second-order valence-electron chi connectivity index (χ2n) is 3.63. The SMILES string of the molecule is O=C(CC1=C[CH][C]C=N1)Cc1ccccc1. The molecule has 0 bridgehead atoms. The van der Waals surface area contributed by atoms with Crippen LogP contribution >= 0.6 is 0 Å². The lowest BCUT2D eigenvalue weighted by molar-refractivity contribution is -0.117. The predicted octanol–water partition coefficient (Wildman–Crippen LogP) is 2.44. The first-order valence-corrected chi connectivity index (χ1v) is 5.21. The molecular weight excluding hydrogens is 198 g/mol. The molecule has 0 fully saturated rings. The van der Waals surface area contributed by atoms with Crippen LogP contribution < -0.4 is 0 Å². The van der Waals surface area contributed by atoms with Gasteiger partial charge in [0.05, 0.1) is 0 Å². The average Bonchev–Trinajstić information content (AvgIpc) is 2.31. The summed E-state index contributed by atoms with van der Waals surface area (Å²) in [5, 5.41) is 0. The highest BCUT2D eigenvalue weighted by atomic mass is 16.1. The van der Waals surface area contributed by atoms with Crippen molar-refractivity contribution in [3.8, 4) is 0 Å². The highest BCUT2D eigenvalue weighted by molar-refractivity contribution is 5.84. The van der Waals surface area contributed by atoms with Crippen LogP contribution in [-0.2, 0) is 11.2 Å². The number of allylic oxidation sites excluding steroid dienone is 2. The van der Waals surface area contributed by atoms with Crippen molar-refractivity contribution in [2.75, 3.05) is 0 Å². The standard InChI is InChI=1S/C14H12NO/c16-14(10-12-6-2-1-3-7-12)11-13-8-4-5-9-15-13/h1-4,6-9H,10-11H2. The number of carbonyl (C=O) groups is 1. The highest BCUT2D eigenvalue weighted by Gasteiger charge is 2.07. The molecule has 1 aromatic carbocycles. The number of benzene rings is 1. The Morgan fingerprint density at radius 2 is 2.00 bits per heavy atom. The van der Waals surface area contributed by atoms with Crippen molar-refractivity contribution in [3.63, 3.8) is 0 Å². The topological polar surface area (TPSA) is 29.4 Å². The Hall–Kier alpha value is -1.70. The maximum absolute atomic E-state index is 11.7. The molecule has 1 aliphatic rings. The molecule has 79 valence electrons. The van der Waals surface area contributed by atoms with Crippen LogP contribution in [0.5, 0.6) is 0 Å². The summed E-state index contributed by atoms with van der Waals surface area (Å²) in [6.45, 7) is 0. The van der Waals surface area contributed by atoms with Gasteiger partial charge in [0.1, 0.15) is 5.78 Å². The maximum Gasteiger partial charge on any atom is 0.143 e. The fourth-order valence-electron chi connectivity index (χ4n) is 1.54. The molecule has 0 spiro atoms. The molecule has 0 amide bonds. The van der Waals surface area contributed by atoms with E-state index in [2.05, 4.69) is 11.4 Å². The summed E-state index contributed by atoms with van der Waals surface area (Å²) < 4.78 is 0. The summed E-state index contributed by atoms with van der Waals surface area (Å²) in [6, 6.07) is 9.76. The van der Waals surface area contributed by atoms with E-state index in [1.807, 2.05) is 36.4 Å². The number of Topliss-reactive ketones (excluding diaryl/α,β-unsaturated/α-hetero) is 1. The zero-order valence-electron chi connectivity index (χ0n) is 8.89. The Balaban J connectivity index is 1.89. The molecule has 2 heteroatoms. The van der Waals surface area contributed by atoms with E-state index in [0.29, 0.717) is 12.8 Å². The van der Waals surface area contributed by atoms with Gasteiger partial charge in [-0.05, 0) is 12.0 Å². The molecule has 2 rings (SSSR count). The number of rotatable bonds is 4. The van der Waals surface area contributed by atoms with Crippen molar-refractivity contribution >= 4 is 12.0 Å². The lowest BCUT2D eigenvalue weighted by atomic mass is 10.0. The van der Waals surface area contributed by atoms with Gasteiger partial charge in [0, 0.05) is 31.2 Å². The van der Waals surface area contributed by atoms with Crippen molar-refractivity contribution in [3.05, 3.63) is 60.5 Å². The van der Waals surface area contributed by atoms with E-state index >= 15 is 0 Å². The molecule has 3 radical (unpaired) electrons. The van der Waals surface area contributed by atoms with Gasteiger partial charge in [0.25, 0.3) is 0 Å². The van der Waals surface area contributed by atoms with E-state index in [1.54, 1.807) is 12.6 Å². The maximum atomic E-state index is 11.7. The third-order valence-corrected chi connectivity index (χ3v) is 2.30. The molecule has 0 aromatic heterocycles. The van der Waals surface area contributed by atoms with Crippen molar-refractivity contribution in [1.82, 2.24) is 0 Å². The number of carbonyl (C=O) groups excluding carboxylic acids is 1. The number of hydrogen-bond donors (Lipinski definition) is 0. The molecular formula is C14H12NO. The molecule has 0 aliphatic carbocycles. The smallest absolute Gasteiger partial charge is 0.143 e. The molecule has 2 nitrogen and oxygen atoms in total. The minimum absolute atomic E-state index is 0.185. The molecule has 1 heterocycles. The second-order valence-corrected chi connectivity index (χ2v) is 3.63. The minimum atomic E-state index is 0.185. The summed E-state index contributed by atoms with van der Waals surface area (Å²) in [4.78, 5) is 15.8. The number of aliphatic imine (C=N–C) groups is 1. The Morgan fingerprint density at radius 3 is 2.69 bits per heavy atom. The van der Waals surface area contributed by atoms with Crippen LogP contribution in [0.3, 0.4) is 0 Å². The predicted molar refractivity (Wildman–Crippen MR) is 63.9 cm³/mol. The van der Waals surface area contributed by atoms with Gasteiger partial charge in [-0.2, -0.15) is 0 Å². The quantitative estimate of drug-likeness (QED) is 0.750. The Morgan fingerprint density at radius 1 is 1.19 bits per heavy atom. The largest absolute Gasteiger partial charge is 0.299 e. The van der Waals surface area contributed by atoms with Crippen molar-refractivity contribution in [2.24, 2.45) is 4.99 Å². The van der Waals surface area contributed by atoms with Crippen LogP contribution in [0.2, 0.25) is 0 Å². The zero-order chi connectivity index (χ0) is 11.2. The molecule has 1 aromatic rings. The summed E-state index contributed by atoms with van der Waals surface area (Å²) in [6.07, 6.45) is 8.89. The first-order chi connectivity index (χ1) is 7.84. The Kier molecular flexibility index (Phi) is 3.65. The summed E-state index contributed by atoms with van der Waals surface area (Å²) >= 11 is 0. The second kappa shape index (κ2) is 5.40. The molecule has 16 heavy (non-hydrogen) atoms. The summed E-state index contributed by atoms with van der Waals surface area (Å²) in [7, 11) is 0. The van der Waals surface area contributed by atoms with Crippen LogP contribution in [0, 0.1) is 12.8 Å². The Labute approximate surface area is 95.7 Å². The van der Waals surface area contributed by atoms with E-state index in [4.69, 9.17) is 0 Å². The fourth-order valence-corrected chi connectivity index (χ4v) is 1.54. The average molecular weight is 210 g/mol. The third kappa shape index (κ3) is 3.16. The molecule has 0 saturated heterocycles. The lowest BCUT2D eigenvalue weighted by Crippen LogP contribution is -2.04. The van der Waals surface area contributed by atoms with E-state index < -0.39 is 0 Å². The lowest BCUT2D eigenvalue weighted by Gasteiger charge is -2.05.